The molecule has 1 rings (SSSR count). The molecule has 0 aliphatic carbocycles. The highest BCUT2D eigenvalue weighted by atomic mass is 16.5. The Morgan fingerprint density at radius 2 is 2.09 bits per heavy atom. The molecule has 4 N–H and O–H groups in total. The van der Waals surface area contributed by atoms with Crippen LogP contribution in [0.2, 0.25) is 0 Å². The van der Waals surface area contributed by atoms with Crippen LogP contribution in [0, 0.1) is 5.92 Å². The van der Waals surface area contributed by atoms with Crippen molar-refractivity contribution in [3.8, 4) is 0 Å². The van der Waals surface area contributed by atoms with Crippen LogP contribution in [0.25, 0.3) is 0 Å². The molecule has 0 radical (unpaired) electrons. The van der Waals surface area contributed by atoms with Crippen molar-refractivity contribution in [1.29, 1.82) is 0 Å². The summed E-state index contributed by atoms with van der Waals surface area (Å²) in [5.41, 5.74) is 5.76. The summed E-state index contributed by atoms with van der Waals surface area (Å²) >= 11 is 0. The van der Waals surface area contributed by atoms with Crippen molar-refractivity contribution >= 4 is 11.9 Å². The molecule has 2 atom stereocenters. The molecule has 1 aromatic rings. The van der Waals surface area contributed by atoms with E-state index >= 15 is 0 Å². The second-order valence-electron chi connectivity index (χ2n) is 5.53. The molecule has 1 aromatic heterocycles. The first-order chi connectivity index (χ1) is 10.3. The van der Waals surface area contributed by atoms with Gasteiger partial charge in [-0.1, -0.05) is 13.8 Å². The molecular weight excluding hydrogens is 286 g/mol. The predicted molar refractivity (Wildman–Crippen MR) is 82.0 cm³/mol. The molecule has 1 amide bonds. The molecule has 0 saturated carbocycles. The van der Waals surface area contributed by atoms with Gasteiger partial charge in [0.2, 0.25) is 5.91 Å². The number of nitrogens with one attached hydrogen (secondary N) is 2. The number of carbonyl (C=O) groups excluding carboxylic acids is 2. The number of ether oxygens (including phenoxy) is 1. The van der Waals surface area contributed by atoms with Crippen molar-refractivity contribution in [2.24, 2.45) is 11.7 Å². The number of methoxy groups -OCH3 is 1. The van der Waals surface area contributed by atoms with Gasteiger partial charge in [-0.05, 0) is 24.5 Å². The van der Waals surface area contributed by atoms with E-state index in [9.17, 15) is 14.4 Å². The molecule has 0 saturated heterocycles. The van der Waals surface area contributed by atoms with Crippen molar-refractivity contribution in [3.05, 3.63) is 34.2 Å². The molecule has 0 aromatic carbocycles. The van der Waals surface area contributed by atoms with Crippen molar-refractivity contribution < 1.29 is 14.3 Å². The van der Waals surface area contributed by atoms with Crippen LogP contribution in [0.4, 0.5) is 0 Å². The number of aromatic nitrogens is 1. The van der Waals surface area contributed by atoms with E-state index in [0.29, 0.717) is 6.42 Å². The second-order valence-corrected chi connectivity index (χ2v) is 5.53. The maximum Gasteiger partial charge on any atom is 0.307 e. The van der Waals surface area contributed by atoms with E-state index in [0.717, 1.165) is 0 Å². The first-order valence-electron chi connectivity index (χ1n) is 7.15. The van der Waals surface area contributed by atoms with Crippen molar-refractivity contribution in [1.82, 2.24) is 10.3 Å². The van der Waals surface area contributed by atoms with Crippen molar-refractivity contribution in [2.45, 2.75) is 38.8 Å². The summed E-state index contributed by atoms with van der Waals surface area (Å²) < 4.78 is 4.61. The zero-order valence-electron chi connectivity index (χ0n) is 13.1. The fourth-order valence-electron chi connectivity index (χ4n) is 2.09. The molecule has 122 valence electrons. The number of hydrogen-bond acceptors (Lipinski definition) is 5. The van der Waals surface area contributed by atoms with Crippen LogP contribution in [-0.2, 0) is 14.3 Å². The number of rotatable bonds is 7. The number of carbonyl (C=O) groups is 2. The Balaban J connectivity index is 2.92. The monoisotopic (exact) mass is 309 g/mol. The van der Waals surface area contributed by atoms with Crippen LogP contribution < -0.4 is 16.6 Å². The average molecular weight is 309 g/mol. The number of H-pyrrole nitrogens is 1. The Morgan fingerprint density at radius 1 is 1.41 bits per heavy atom. The van der Waals surface area contributed by atoms with Gasteiger partial charge in [-0.25, -0.2) is 0 Å². The van der Waals surface area contributed by atoms with E-state index in [1.807, 2.05) is 13.8 Å². The van der Waals surface area contributed by atoms with Gasteiger partial charge >= 0.3 is 5.97 Å². The lowest BCUT2D eigenvalue weighted by atomic mass is 10.0. The Labute approximate surface area is 129 Å². The predicted octanol–water partition coefficient (Wildman–Crippen LogP) is 0.469. The molecule has 0 fully saturated rings. The Kier molecular flexibility index (Phi) is 6.78. The minimum Gasteiger partial charge on any atom is -0.469 e. The third-order valence-corrected chi connectivity index (χ3v) is 3.20. The average Bonchev–Trinajstić information content (AvgIpc) is 2.46. The van der Waals surface area contributed by atoms with Crippen LogP contribution in [-0.4, -0.2) is 30.0 Å². The minimum absolute atomic E-state index is 0.135. The van der Waals surface area contributed by atoms with Gasteiger partial charge in [0.15, 0.2) is 0 Å². The quantitative estimate of drug-likeness (QED) is 0.633. The van der Waals surface area contributed by atoms with Gasteiger partial charge in [0.05, 0.1) is 25.6 Å². The summed E-state index contributed by atoms with van der Waals surface area (Å²) in [7, 11) is 1.25. The Bertz CT molecular complexity index is 568. The molecule has 7 nitrogen and oxygen atoms in total. The highest BCUT2D eigenvalue weighted by Crippen LogP contribution is 2.14. The van der Waals surface area contributed by atoms with Gasteiger partial charge < -0.3 is 20.8 Å². The molecule has 0 aliphatic rings. The molecule has 1 heterocycles. The summed E-state index contributed by atoms with van der Waals surface area (Å²) in [4.78, 5) is 38.0. The smallest absolute Gasteiger partial charge is 0.307 e. The number of esters is 1. The lowest BCUT2D eigenvalue weighted by Gasteiger charge is -2.20. The van der Waals surface area contributed by atoms with Gasteiger partial charge in [0.25, 0.3) is 5.56 Å². The molecule has 0 bridgehead atoms. The fraction of sp³-hybridized carbons (Fsp3) is 0.533. The third-order valence-electron chi connectivity index (χ3n) is 3.20. The largest absolute Gasteiger partial charge is 0.469 e. The van der Waals surface area contributed by atoms with E-state index in [1.54, 1.807) is 12.1 Å². The van der Waals surface area contributed by atoms with Crippen LogP contribution in [0.3, 0.4) is 0 Å². The molecule has 7 heteroatoms. The lowest BCUT2D eigenvalue weighted by molar-refractivity contribution is -0.141. The second kappa shape index (κ2) is 8.33. The van der Waals surface area contributed by atoms with Gasteiger partial charge in [-0.3, -0.25) is 14.4 Å². The lowest BCUT2D eigenvalue weighted by Crippen LogP contribution is -2.44. The van der Waals surface area contributed by atoms with Gasteiger partial charge in [-0.15, -0.1) is 0 Å². The fourth-order valence-corrected chi connectivity index (χ4v) is 2.09. The number of amides is 1. The molecular formula is C15H23N3O4. The topological polar surface area (TPSA) is 114 Å². The van der Waals surface area contributed by atoms with E-state index in [1.165, 1.54) is 13.3 Å². The van der Waals surface area contributed by atoms with Crippen LogP contribution in [0.5, 0.6) is 0 Å². The first kappa shape index (κ1) is 17.9. The SMILES string of the molecule is COC(=O)CC(NC(=O)[C@@H](N)CC(C)C)c1ccc[nH]c1=O. The summed E-state index contributed by atoms with van der Waals surface area (Å²) in [5.74, 6) is -0.656. The van der Waals surface area contributed by atoms with Gasteiger partial charge in [-0.2, -0.15) is 0 Å². The van der Waals surface area contributed by atoms with E-state index in [2.05, 4.69) is 15.0 Å². The maximum atomic E-state index is 12.1. The van der Waals surface area contributed by atoms with Crippen molar-refractivity contribution in [2.75, 3.05) is 7.11 Å². The molecule has 0 aliphatic heterocycles. The highest BCUT2D eigenvalue weighted by Gasteiger charge is 2.24. The first-order valence-corrected chi connectivity index (χ1v) is 7.15. The summed E-state index contributed by atoms with van der Waals surface area (Å²) in [6.45, 7) is 3.92. The number of pyridine rings is 1. The number of nitrogens with two attached hydrogens (primary N) is 1. The van der Waals surface area contributed by atoms with E-state index in [4.69, 9.17) is 5.73 Å². The summed E-state index contributed by atoms with van der Waals surface area (Å²) in [6, 6.07) is 1.72. The Hall–Kier alpha value is -2.15. The zero-order chi connectivity index (χ0) is 16.7. The normalized spacial score (nSPS) is 13.5. The van der Waals surface area contributed by atoms with Crippen LogP contribution in [0.1, 0.15) is 38.3 Å². The zero-order valence-corrected chi connectivity index (χ0v) is 13.1. The maximum absolute atomic E-state index is 12.1. The number of hydrogen-bond donors (Lipinski definition) is 3. The van der Waals surface area contributed by atoms with E-state index in [-0.39, 0.29) is 23.5 Å². The van der Waals surface area contributed by atoms with Crippen molar-refractivity contribution in [3.63, 3.8) is 0 Å². The molecule has 22 heavy (non-hydrogen) atoms. The van der Waals surface area contributed by atoms with Crippen LogP contribution >= 0.6 is 0 Å². The summed E-state index contributed by atoms with van der Waals surface area (Å²) in [6.07, 6.45) is 1.86. The molecule has 0 spiro atoms. The van der Waals surface area contributed by atoms with Crippen LogP contribution in [0.15, 0.2) is 23.1 Å². The standard InChI is InChI=1S/C15H23N3O4/c1-9(2)7-11(16)15(21)18-12(8-13(19)22-3)10-5-4-6-17-14(10)20/h4-6,9,11-12H,7-8,16H2,1-3H3,(H,17,20)(H,18,21)/t11-,12?/m0/s1. The molecule has 1 unspecified atom stereocenters. The van der Waals surface area contributed by atoms with E-state index < -0.39 is 24.0 Å². The van der Waals surface area contributed by atoms with Gasteiger partial charge in [0, 0.05) is 11.8 Å². The van der Waals surface area contributed by atoms with Gasteiger partial charge in [0.1, 0.15) is 0 Å². The highest BCUT2D eigenvalue weighted by molar-refractivity contribution is 5.82. The summed E-state index contributed by atoms with van der Waals surface area (Å²) in [5, 5.41) is 2.66. The Morgan fingerprint density at radius 3 is 2.64 bits per heavy atom. The third kappa shape index (κ3) is 5.33. The minimum atomic E-state index is -0.775. The number of aromatic amines is 1.